The Labute approximate surface area is 154 Å². The standard InChI is InChI=1S/C19H19BrF2N2O/c1-3-6-16(15-7-4-5-8-18(15)25-19(21)22)24-17-11-13(20)9-10-14(17)12(2)23/h3-5,7-11,16,19,24H,1-2,6,23H2. The van der Waals surface area contributed by atoms with Crippen molar-refractivity contribution in [1.82, 2.24) is 0 Å². The summed E-state index contributed by atoms with van der Waals surface area (Å²) >= 11 is 3.42. The lowest BCUT2D eigenvalue weighted by Crippen LogP contribution is -2.14. The van der Waals surface area contributed by atoms with Crippen molar-refractivity contribution in [1.29, 1.82) is 0 Å². The number of benzene rings is 2. The fourth-order valence-corrected chi connectivity index (χ4v) is 2.87. The van der Waals surface area contributed by atoms with Gasteiger partial charge in [-0.3, -0.25) is 0 Å². The second-order valence-corrected chi connectivity index (χ2v) is 6.27. The van der Waals surface area contributed by atoms with Gasteiger partial charge in [0.05, 0.1) is 6.04 Å². The molecule has 0 bridgehead atoms. The summed E-state index contributed by atoms with van der Waals surface area (Å²) in [7, 11) is 0. The lowest BCUT2D eigenvalue weighted by atomic mass is 10.0. The third-order valence-corrected chi connectivity index (χ3v) is 4.06. The quantitative estimate of drug-likeness (QED) is 0.549. The molecule has 0 spiro atoms. The van der Waals surface area contributed by atoms with E-state index in [2.05, 4.69) is 39.1 Å². The number of ether oxygens (including phenoxy) is 1. The molecule has 0 aliphatic rings. The molecule has 0 heterocycles. The highest BCUT2D eigenvalue weighted by molar-refractivity contribution is 9.10. The van der Waals surface area contributed by atoms with Crippen LogP contribution in [-0.4, -0.2) is 6.61 Å². The molecule has 1 unspecified atom stereocenters. The number of para-hydroxylation sites is 1. The van der Waals surface area contributed by atoms with Crippen LogP contribution in [0.4, 0.5) is 14.5 Å². The van der Waals surface area contributed by atoms with E-state index < -0.39 is 6.61 Å². The fourth-order valence-electron chi connectivity index (χ4n) is 2.51. The first-order valence-corrected chi connectivity index (χ1v) is 8.37. The van der Waals surface area contributed by atoms with Crippen molar-refractivity contribution in [2.75, 3.05) is 5.32 Å². The highest BCUT2D eigenvalue weighted by Gasteiger charge is 2.18. The predicted octanol–water partition coefficient (Wildman–Crippen LogP) is 5.71. The first kappa shape index (κ1) is 19.0. The van der Waals surface area contributed by atoms with Gasteiger partial charge >= 0.3 is 6.61 Å². The van der Waals surface area contributed by atoms with Crippen LogP contribution in [0.15, 0.2) is 66.2 Å². The van der Waals surface area contributed by atoms with Crippen molar-refractivity contribution in [3.63, 3.8) is 0 Å². The van der Waals surface area contributed by atoms with Crippen LogP contribution >= 0.6 is 15.9 Å². The summed E-state index contributed by atoms with van der Waals surface area (Å²) in [6.45, 7) is 4.64. The van der Waals surface area contributed by atoms with Gasteiger partial charge in [0.25, 0.3) is 0 Å². The zero-order valence-corrected chi connectivity index (χ0v) is 15.1. The molecule has 25 heavy (non-hydrogen) atoms. The Morgan fingerprint density at radius 1 is 1.28 bits per heavy atom. The molecule has 3 nitrogen and oxygen atoms in total. The molecule has 0 radical (unpaired) electrons. The second-order valence-electron chi connectivity index (χ2n) is 5.35. The summed E-state index contributed by atoms with van der Waals surface area (Å²) in [4.78, 5) is 0. The van der Waals surface area contributed by atoms with Crippen LogP contribution in [0.1, 0.15) is 23.6 Å². The molecule has 0 amide bonds. The van der Waals surface area contributed by atoms with Crippen molar-refractivity contribution in [2.24, 2.45) is 5.73 Å². The zero-order chi connectivity index (χ0) is 18.4. The summed E-state index contributed by atoms with van der Waals surface area (Å²) in [5, 5.41) is 3.33. The fraction of sp³-hybridized carbons (Fsp3) is 0.158. The van der Waals surface area contributed by atoms with Gasteiger partial charge in [0.1, 0.15) is 5.75 Å². The number of anilines is 1. The Balaban J connectivity index is 2.42. The molecule has 132 valence electrons. The average Bonchev–Trinajstić information content (AvgIpc) is 2.54. The van der Waals surface area contributed by atoms with Gasteiger partial charge in [-0.1, -0.05) is 46.8 Å². The topological polar surface area (TPSA) is 47.3 Å². The highest BCUT2D eigenvalue weighted by atomic mass is 79.9. The Hall–Kier alpha value is -2.34. The summed E-state index contributed by atoms with van der Waals surface area (Å²) in [6.07, 6.45) is 2.22. The van der Waals surface area contributed by atoms with E-state index in [4.69, 9.17) is 5.73 Å². The largest absolute Gasteiger partial charge is 0.434 e. The minimum Gasteiger partial charge on any atom is -0.434 e. The number of halogens is 3. The van der Waals surface area contributed by atoms with Gasteiger partial charge in [-0.25, -0.2) is 0 Å². The van der Waals surface area contributed by atoms with Crippen LogP contribution in [-0.2, 0) is 0 Å². The molecule has 0 saturated heterocycles. The van der Waals surface area contributed by atoms with Crippen LogP contribution in [0.25, 0.3) is 5.70 Å². The molecular weight excluding hydrogens is 390 g/mol. The van der Waals surface area contributed by atoms with Gasteiger partial charge in [0.2, 0.25) is 0 Å². The van der Waals surface area contributed by atoms with Crippen molar-refractivity contribution in [3.05, 3.63) is 77.3 Å². The Morgan fingerprint density at radius 2 is 2.00 bits per heavy atom. The SMILES string of the molecule is C=CCC(Nc1cc(Br)ccc1C(=C)N)c1ccccc1OC(F)F. The maximum Gasteiger partial charge on any atom is 0.387 e. The van der Waals surface area contributed by atoms with Crippen LogP contribution in [0.3, 0.4) is 0 Å². The van der Waals surface area contributed by atoms with Gasteiger partial charge in [-0.2, -0.15) is 8.78 Å². The van der Waals surface area contributed by atoms with Crippen LogP contribution in [0.2, 0.25) is 0 Å². The van der Waals surface area contributed by atoms with E-state index in [1.807, 2.05) is 18.2 Å². The van der Waals surface area contributed by atoms with E-state index in [9.17, 15) is 8.78 Å². The number of hydrogen-bond donors (Lipinski definition) is 2. The number of hydrogen-bond acceptors (Lipinski definition) is 3. The van der Waals surface area contributed by atoms with Gasteiger partial charge in [0.15, 0.2) is 0 Å². The molecule has 0 aliphatic heterocycles. The van der Waals surface area contributed by atoms with Crippen molar-refractivity contribution in [3.8, 4) is 5.75 Å². The molecule has 6 heteroatoms. The van der Waals surface area contributed by atoms with E-state index >= 15 is 0 Å². The molecule has 3 N–H and O–H groups in total. The molecule has 0 aliphatic carbocycles. The predicted molar refractivity (Wildman–Crippen MR) is 102 cm³/mol. The van der Waals surface area contributed by atoms with Gasteiger partial charge in [0, 0.05) is 27.0 Å². The summed E-state index contributed by atoms with van der Waals surface area (Å²) in [6, 6.07) is 11.9. The van der Waals surface area contributed by atoms with Gasteiger partial charge < -0.3 is 15.8 Å². The monoisotopic (exact) mass is 408 g/mol. The number of rotatable bonds is 8. The first-order chi connectivity index (χ1) is 11.9. The van der Waals surface area contributed by atoms with E-state index in [-0.39, 0.29) is 11.8 Å². The summed E-state index contributed by atoms with van der Waals surface area (Å²) in [5.41, 5.74) is 8.35. The molecule has 0 aromatic heterocycles. The number of nitrogens with two attached hydrogens (primary N) is 1. The minimum absolute atomic E-state index is 0.125. The van der Waals surface area contributed by atoms with E-state index in [1.165, 1.54) is 6.07 Å². The summed E-state index contributed by atoms with van der Waals surface area (Å²) < 4.78 is 30.9. The van der Waals surface area contributed by atoms with Crippen LogP contribution < -0.4 is 15.8 Å². The van der Waals surface area contributed by atoms with Gasteiger partial charge in [-0.05, 0) is 30.7 Å². The number of nitrogens with one attached hydrogen (secondary N) is 1. The molecule has 2 aromatic rings. The second kappa shape index (κ2) is 8.67. The van der Waals surface area contributed by atoms with Crippen molar-refractivity contribution in [2.45, 2.75) is 19.1 Å². The molecule has 1 atom stereocenters. The Kier molecular flexibility index (Phi) is 6.58. The summed E-state index contributed by atoms with van der Waals surface area (Å²) in [5.74, 6) is 0.125. The van der Waals surface area contributed by atoms with E-state index in [0.717, 1.165) is 15.7 Å². The van der Waals surface area contributed by atoms with Crippen molar-refractivity contribution < 1.29 is 13.5 Å². The molecule has 0 saturated carbocycles. The average molecular weight is 409 g/mol. The third kappa shape index (κ3) is 5.06. The smallest absolute Gasteiger partial charge is 0.387 e. The Morgan fingerprint density at radius 3 is 2.64 bits per heavy atom. The molecule has 0 fully saturated rings. The minimum atomic E-state index is -2.89. The third-order valence-electron chi connectivity index (χ3n) is 3.57. The first-order valence-electron chi connectivity index (χ1n) is 7.57. The lowest BCUT2D eigenvalue weighted by Gasteiger charge is -2.23. The van der Waals surface area contributed by atoms with Crippen LogP contribution in [0, 0.1) is 0 Å². The lowest BCUT2D eigenvalue weighted by molar-refractivity contribution is -0.0505. The highest BCUT2D eigenvalue weighted by Crippen LogP contribution is 2.34. The molecular formula is C19H19BrF2N2O. The van der Waals surface area contributed by atoms with E-state index in [0.29, 0.717) is 17.7 Å². The normalized spacial score (nSPS) is 11.8. The zero-order valence-electron chi connectivity index (χ0n) is 13.5. The number of alkyl halides is 2. The van der Waals surface area contributed by atoms with Crippen molar-refractivity contribution >= 4 is 27.3 Å². The molecule has 2 rings (SSSR count). The van der Waals surface area contributed by atoms with E-state index in [1.54, 1.807) is 24.3 Å². The van der Waals surface area contributed by atoms with Gasteiger partial charge in [-0.15, -0.1) is 6.58 Å². The van der Waals surface area contributed by atoms with Crippen LogP contribution in [0.5, 0.6) is 5.75 Å². The maximum atomic E-state index is 12.7. The molecule has 2 aromatic carbocycles. The maximum absolute atomic E-state index is 12.7. The Bertz CT molecular complexity index is 765.